The molecule has 0 radical (unpaired) electrons. The molecule has 25 heavy (non-hydrogen) atoms. The Kier molecular flexibility index (Phi) is 3.26. The van der Waals surface area contributed by atoms with E-state index >= 15 is 0 Å². The average molecular weight is 339 g/mol. The quantitative estimate of drug-likeness (QED) is 0.911. The summed E-state index contributed by atoms with van der Waals surface area (Å²) >= 11 is 0. The van der Waals surface area contributed by atoms with Gasteiger partial charge in [-0.1, -0.05) is 12.1 Å². The minimum absolute atomic E-state index is 0.192. The van der Waals surface area contributed by atoms with Crippen molar-refractivity contribution in [1.29, 1.82) is 0 Å². The van der Waals surface area contributed by atoms with E-state index in [9.17, 15) is 4.79 Å². The molecule has 2 fully saturated rings. The largest absolute Gasteiger partial charge is 0.480 e. The van der Waals surface area contributed by atoms with Gasteiger partial charge in [0, 0.05) is 31.5 Å². The first-order valence-corrected chi connectivity index (χ1v) is 8.99. The van der Waals surface area contributed by atoms with Crippen LogP contribution in [0.2, 0.25) is 0 Å². The first kappa shape index (κ1) is 14.8. The molecule has 1 saturated carbocycles. The van der Waals surface area contributed by atoms with E-state index in [1.807, 2.05) is 24.3 Å². The summed E-state index contributed by atoms with van der Waals surface area (Å²) in [4.78, 5) is 21.8. The van der Waals surface area contributed by atoms with Crippen molar-refractivity contribution in [2.24, 2.45) is 5.92 Å². The van der Waals surface area contributed by atoms with Crippen LogP contribution < -0.4 is 4.74 Å². The normalized spacial score (nSPS) is 20.6. The molecule has 3 heterocycles. The summed E-state index contributed by atoms with van der Waals surface area (Å²) in [7, 11) is 0. The minimum atomic E-state index is -0.437. The van der Waals surface area contributed by atoms with Gasteiger partial charge in [0.15, 0.2) is 5.60 Å². The van der Waals surface area contributed by atoms with Crippen LogP contribution >= 0.6 is 0 Å². The minimum Gasteiger partial charge on any atom is -0.480 e. The Balaban J connectivity index is 1.35. The number of para-hydroxylation sites is 1. The van der Waals surface area contributed by atoms with E-state index in [0.29, 0.717) is 25.6 Å². The number of hydrogen-bond donors (Lipinski definition) is 1. The van der Waals surface area contributed by atoms with E-state index in [4.69, 9.17) is 9.47 Å². The zero-order valence-corrected chi connectivity index (χ0v) is 14.0. The van der Waals surface area contributed by atoms with Crippen LogP contribution in [0.3, 0.4) is 0 Å². The molecule has 2 aromatic rings. The zero-order valence-electron chi connectivity index (χ0n) is 14.0. The lowest BCUT2D eigenvalue weighted by Gasteiger charge is -2.43. The molecule has 2 aliphatic heterocycles. The van der Waals surface area contributed by atoms with Crippen molar-refractivity contribution in [2.75, 3.05) is 19.7 Å². The van der Waals surface area contributed by atoms with Crippen molar-refractivity contribution in [2.45, 2.75) is 31.3 Å². The van der Waals surface area contributed by atoms with Crippen molar-refractivity contribution in [1.82, 2.24) is 14.9 Å². The number of aromatic amines is 1. The number of imidazole rings is 1. The fourth-order valence-electron chi connectivity index (χ4n) is 3.83. The fraction of sp³-hybridized carbons (Fsp3) is 0.474. The molecule has 0 bridgehead atoms. The number of nitrogens with one attached hydrogen (secondary N) is 1. The van der Waals surface area contributed by atoms with Gasteiger partial charge in [-0.3, -0.25) is 0 Å². The first-order valence-electron chi connectivity index (χ1n) is 8.99. The SMILES string of the molecule is O=C(OCC1CC1)N1CCC2(CC1)Oc1ccccc1-c1nc[nH]c12. The number of carbonyl (C=O) groups is 1. The predicted molar refractivity (Wildman–Crippen MR) is 91.2 cm³/mol. The Hall–Kier alpha value is -2.50. The second kappa shape index (κ2) is 5.51. The summed E-state index contributed by atoms with van der Waals surface area (Å²) in [5.74, 6) is 1.46. The lowest BCUT2D eigenvalue weighted by Crippen LogP contribution is -2.49. The molecule has 1 aliphatic carbocycles. The summed E-state index contributed by atoms with van der Waals surface area (Å²) in [5, 5.41) is 0. The van der Waals surface area contributed by atoms with Gasteiger partial charge in [-0.15, -0.1) is 0 Å². The third-order valence-electron chi connectivity index (χ3n) is 5.51. The van der Waals surface area contributed by atoms with Crippen LogP contribution in [0.25, 0.3) is 11.3 Å². The number of hydrogen-bond acceptors (Lipinski definition) is 4. The van der Waals surface area contributed by atoms with Crippen molar-refractivity contribution >= 4 is 6.09 Å². The van der Waals surface area contributed by atoms with Gasteiger partial charge in [0.25, 0.3) is 0 Å². The number of benzene rings is 1. The summed E-state index contributed by atoms with van der Waals surface area (Å²) in [6.45, 7) is 1.82. The van der Waals surface area contributed by atoms with Gasteiger partial charge < -0.3 is 19.4 Å². The first-order chi connectivity index (χ1) is 12.3. The van der Waals surface area contributed by atoms with Gasteiger partial charge in [0.2, 0.25) is 0 Å². The summed E-state index contributed by atoms with van der Waals surface area (Å²) in [5.41, 5.74) is 2.58. The molecule has 130 valence electrons. The molecule has 1 N–H and O–H groups in total. The fourth-order valence-corrected chi connectivity index (χ4v) is 3.83. The average Bonchev–Trinajstić information content (AvgIpc) is 3.33. The van der Waals surface area contributed by atoms with Crippen molar-refractivity contribution in [3.63, 3.8) is 0 Å². The van der Waals surface area contributed by atoms with Crippen molar-refractivity contribution < 1.29 is 14.3 Å². The molecule has 1 saturated heterocycles. The summed E-state index contributed by atoms with van der Waals surface area (Å²) in [6.07, 6.45) is 5.37. The highest BCUT2D eigenvalue weighted by atomic mass is 16.6. The van der Waals surface area contributed by atoms with E-state index in [0.717, 1.165) is 35.5 Å². The molecule has 5 rings (SSSR count). The molecule has 1 aromatic carbocycles. The van der Waals surface area contributed by atoms with E-state index in [1.54, 1.807) is 11.2 Å². The van der Waals surface area contributed by atoms with Gasteiger partial charge in [0.05, 0.1) is 24.3 Å². The monoisotopic (exact) mass is 339 g/mol. The summed E-state index contributed by atoms with van der Waals surface area (Å²) < 4.78 is 11.8. The second-order valence-corrected chi connectivity index (χ2v) is 7.23. The Morgan fingerprint density at radius 1 is 1.32 bits per heavy atom. The van der Waals surface area contributed by atoms with Gasteiger partial charge in [-0.25, -0.2) is 9.78 Å². The Morgan fingerprint density at radius 3 is 2.92 bits per heavy atom. The molecule has 1 spiro atoms. The number of likely N-dealkylation sites (tertiary alicyclic amines) is 1. The molecule has 3 aliphatic rings. The van der Waals surface area contributed by atoms with Crippen LogP contribution in [0.4, 0.5) is 4.79 Å². The zero-order chi connectivity index (χ0) is 16.9. The maximum atomic E-state index is 12.2. The molecule has 1 amide bonds. The molecule has 6 heteroatoms. The molecule has 0 atom stereocenters. The van der Waals surface area contributed by atoms with Crippen LogP contribution in [0.1, 0.15) is 31.4 Å². The molecule has 0 unspecified atom stereocenters. The number of fused-ring (bicyclic) bond motifs is 4. The van der Waals surface area contributed by atoms with Crippen LogP contribution in [-0.2, 0) is 10.3 Å². The number of H-pyrrole nitrogens is 1. The number of aromatic nitrogens is 2. The number of rotatable bonds is 2. The smallest absolute Gasteiger partial charge is 0.409 e. The van der Waals surface area contributed by atoms with Crippen LogP contribution in [0, 0.1) is 5.92 Å². The van der Waals surface area contributed by atoms with Crippen LogP contribution in [-0.4, -0.2) is 40.7 Å². The Bertz CT molecular complexity index is 804. The maximum absolute atomic E-state index is 12.2. The highest BCUT2D eigenvalue weighted by Gasteiger charge is 2.46. The summed E-state index contributed by atoms with van der Waals surface area (Å²) in [6, 6.07) is 8.00. The van der Waals surface area contributed by atoms with E-state index in [-0.39, 0.29) is 6.09 Å². The molecule has 6 nitrogen and oxygen atoms in total. The number of nitrogens with zero attached hydrogens (tertiary/aromatic N) is 2. The van der Waals surface area contributed by atoms with E-state index in [1.165, 1.54) is 12.8 Å². The van der Waals surface area contributed by atoms with Gasteiger partial charge in [-0.2, -0.15) is 0 Å². The molecule has 1 aromatic heterocycles. The Labute approximate surface area is 146 Å². The highest BCUT2D eigenvalue weighted by molar-refractivity contribution is 5.72. The topological polar surface area (TPSA) is 67.4 Å². The van der Waals surface area contributed by atoms with Crippen LogP contribution in [0.15, 0.2) is 30.6 Å². The van der Waals surface area contributed by atoms with Gasteiger partial charge in [0.1, 0.15) is 5.75 Å². The Morgan fingerprint density at radius 2 is 2.12 bits per heavy atom. The maximum Gasteiger partial charge on any atom is 0.409 e. The molecular formula is C19H21N3O3. The third-order valence-corrected chi connectivity index (χ3v) is 5.51. The van der Waals surface area contributed by atoms with Crippen molar-refractivity contribution in [3.8, 4) is 17.0 Å². The number of ether oxygens (including phenoxy) is 2. The van der Waals surface area contributed by atoms with Crippen molar-refractivity contribution in [3.05, 3.63) is 36.3 Å². The second-order valence-electron chi connectivity index (χ2n) is 7.23. The van der Waals surface area contributed by atoms with Gasteiger partial charge in [-0.05, 0) is 30.9 Å². The number of piperidine rings is 1. The standard InChI is InChI=1S/C19H21N3O3/c23-18(24-11-13-5-6-13)22-9-7-19(8-10-22)17-16(20-12-21-17)14-3-1-2-4-15(14)25-19/h1-4,12-13H,5-11H2,(H,20,21). The van der Waals surface area contributed by atoms with E-state index < -0.39 is 5.60 Å². The van der Waals surface area contributed by atoms with Crippen LogP contribution in [0.5, 0.6) is 5.75 Å². The highest BCUT2D eigenvalue weighted by Crippen LogP contribution is 2.47. The number of carbonyl (C=O) groups excluding carboxylic acids is 1. The lowest BCUT2D eigenvalue weighted by molar-refractivity contribution is -0.00879. The lowest BCUT2D eigenvalue weighted by atomic mass is 9.83. The predicted octanol–water partition coefficient (Wildman–Crippen LogP) is 3.31. The van der Waals surface area contributed by atoms with Gasteiger partial charge >= 0.3 is 6.09 Å². The molecular weight excluding hydrogens is 318 g/mol. The number of amides is 1. The van der Waals surface area contributed by atoms with E-state index in [2.05, 4.69) is 9.97 Å². The third kappa shape index (κ3) is 2.47.